The molecule has 1 aromatic rings. The molecule has 3 saturated heterocycles. The molecular formula is C26H34N2O4. The lowest BCUT2D eigenvalue weighted by atomic mass is 9.53. The Balaban J connectivity index is 1.11. The van der Waals surface area contributed by atoms with Gasteiger partial charge in [-0.2, -0.15) is 0 Å². The predicted molar refractivity (Wildman–Crippen MR) is 118 cm³/mol. The average molecular weight is 439 g/mol. The number of carbonyl (C=O) groups is 1. The Bertz CT molecular complexity index is 1020. The maximum absolute atomic E-state index is 13.1. The van der Waals surface area contributed by atoms with Crippen LogP contribution in [-0.4, -0.2) is 53.4 Å². The summed E-state index contributed by atoms with van der Waals surface area (Å²) in [4.78, 5) is 27.9. The molecule has 5 heterocycles. The van der Waals surface area contributed by atoms with Gasteiger partial charge in [-0.1, -0.05) is 13.0 Å². The summed E-state index contributed by atoms with van der Waals surface area (Å²) in [5.41, 5.74) is 1.66. The van der Waals surface area contributed by atoms with Crippen molar-refractivity contribution in [2.75, 3.05) is 26.2 Å². The van der Waals surface area contributed by atoms with Crippen LogP contribution in [0.3, 0.4) is 0 Å². The fourth-order valence-corrected chi connectivity index (χ4v) is 8.59. The van der Waals surface area contributed by atoms with Crippen molar-refractivity contribution >= 4 is 5.97 Å². The highest BCUT2D eigenvalue weighted by Gasteiger charge is 2.65. The van der Waals surface area contributed by atoms with Crippen molar-refractivity contribution in [2.45, 2.75) is 69.6 Å². The molecule has 2 aliphatic carbocycles. The van der Waals surface area contributed by atoms with Crippen LogP contribution in [0.25, 0.3) is 0 Å². The van der Waals surface area contributed by atoms with Gasteiger partial charge in [-0.15, -0.1) is 0 Å². The number of rotatable bonds is 2. The minimum Gasteiger partial charge on any atom is -0.462 e. The largest absolute Gasteiger partial charge is 0.462 e. The van der Waals surface area contributed by atoms with E-state index in [1.54, 1.807) is 6.07 Å². The molecule has 8 atom stereocenters. The number of hydrogen-bond acceptors (Lipinski definition) is 5. The summed E-state index contributed by atoms with van der Waals surface area (Å²) >= 11 is 0. The Morgan fingerprint density at radius 3 is 2.84 bits per heavy atom. The average Bonchev–Trinajstić information content (AvgIpc) is 3.46. The molecular weight excluding hydrogens is 404 g/mol. The van der Waals surface area contributed by atoms with E-state index in [1.807, 2.05) is 10.6 Å². The number of carbonyl (C=O) groups excluding carboxylic acids is 1. The van der Waals surface area contributed by atoms with Gasteiger partial charge in [-0.25, -0.2) is 0 Å². The van der Waals surface area contributed by atoms with Gasteiger partial charge >= 0.3 is 5.97 Å². The number of piperidine rings is 1. The topological polar surface area (TPSA) is 64.1 Å². The Hall–Kier alpha value is -1.66. The van der Waals surface area contributed by atoms with Crippen LogP contribution in [0.2, 0.25) is 0 Å². The van der Waals surface area contributed by atoms with Crippen LogP contribution < -0.4 is 5.56 Å². The third-order valence-corrected chi connectivity index (χ3v) is 10.1. The molecule has 1 aromatic heterocycles. The SMILES string of the molecule is C[C@]12CCC[C@]3(CO3)[C@@H]1C[C@@H]1[C@@H](C2)OC(=O)[C@@H]1CN1C[C@@H]2C[C@@H](C1)c1cccc(=O)n1C2. The first-order chi connectivity index (χ1) is 15.4. The van der Waals surface area contributed by atoms with E-state index in [9.17, 15) is 9.59 Å². The van der Waals surface area contributed by atoms with Crippen molar-refractivity contribution in [3.63, 3.8) is 0 Å². The highest BCUT2D eigenvalue weighted by atomic mass is 16.6. The molecule has 6 nitrogen and oxygen atoms in total. The first-order valence-electron chi connectivity index (χ1n) is 12.7. The van der Waals surface area contributed by atoms with Crippen LogP contribution >= 0.6 is 0 Å². The first kappa shape index (κ1) is 19.8. The zero-order valence-corrected chi connectivity index (χ0v) is 19.0. The number of hydrogen-bond donors (Lipinski definition) is 0. The van der Waals surface area contributed by atoms with Crippen LogP contribution in [0.1, 0.15) is 57.1 Å². The number of esters is 1. The highest BCUT2D eigenvalue weighted by Crippen LogP contribution is 2.62. The van der Waals surface area contributed by atoms with E-state index in [0.29, 0.717) is 23.7 Å². The van der Waals surface area contributed by atoms with E-state index in [4.69, 9.17) is 9.47 Å². The number of ether oxygens (including phenoxy) is 2. The molecule has 2 saturated carbocycles. The van der Waals surface area contributed by atoms with E-state index < -0.39 is 0 Å². The molecule has 0 aromatic carbocycles. The zero-order valence-electron chi connectivity index (χ0n) is 19.0. The molecule has 0 radical (unpaired) electrons. The highest BCUT2D eigenvalue weighted by molar-refractivity contribution is 5.75. The van der Waals surface area contributed by atoms with E-state index in [1.165, 1.54) is 25.0 Å². The normalized spacial score (nSPS) is 46.8. The van der Waals surface area contributed by atoms with E-state index in [-0.39, 0.29) is 34.6 Å². The van der Waals surface area contributed by atoms with Crippen LogP contribution in [0.4, 0.5) is 0 Å². The van der Waals surface area contributed by atoms with Gasteiger partial charge < -0.3 is 18.9 Å². The molecule has 6 heteroatoms. The Morgan fingerprint density at radius 1 is 1.12 bits per heavy atom. The molecule has 32 heavy (non-hydrogen) atoms. The smallest absolute Gasteiger partial charge is 0.310 e. The van der Waals surface area contributed by atoms with E-state index in [0.717, 1.165) is 52.0 Å². The van der Waals surface area contributed by atoms with Crippen molar-refractivity contribution < 1.29 is 14.3 Å². The van der Waals surface area contributed by atoms with Crippen LogP contribution in [0, 0.1) is 29.1 Å². The molecule has 172 valence electrons. The summed E-state index contributed by atoms with van der Waals surface area (Å²) in [6.45, 7) is 6.87. The van der Waals surface area contributed by atoms with Gasteiger partial charge in [0, 0.05) is 49.8 Å². The fourth-order valence-electron chi connectivity index (χ4n) is 8.59. The van der Waals surface area contributed by atoms with Gasteiger partial charge in [-0.05, 0) is 61.8 Å². The second-order valence-electron chi connectivity index (χ2n) is 12.0. The van der Waals surface area contributed by atoms with Crippen LogP contribution in [-0.2, 0) is 20.8 Å². The number of fused-ring (bicyclic) bond motifs is 7. The predicted octanol–water partition coefficient (Wildman–Crippen LogP) is 2.79. The second kappa shape index (κ2) is 6.69. The number of epoxide rings is 1. The minimum atomic E-state index is -0.0148. The molecule has 0 N–H and O–H groups in total. The Kier molecular flexibility index (Phi) is 4.14. The summed E-state index contributed by atoms with van der Waals surface area (Å²) in [5.74, 6) is 1.80. The van der Waals surface area contributed by atoms with Gasteiger partial charge in [0.05, 0.1) is 18.1 Å². The van der Waals surface area contributed by atoms with E-state index in [2.05, 4.69) is 17.9 Å². The van der Waals surface area contributed by atoms with Gasteiger partial charge in [-0.3, -0.25) is 9.59 Å². The lowest BCUT2D eigenvalue weighted by molar-refractivity contribution is -0.147. The first-order valence-corrected chi connectivity index (χ1v) is 12.7. The van der Waals surface area contributed by atoms with Gasteiger partial charge in [0.15, 0.2) is 0 Å². The quantitative estimate of drug-likeness (QED) is 0.525. The number of likely N-dealkylation sites (tertiary alicyclic amines) is 1. The lowest BCUT2D eigenvalue weighted by Crippen LogP contribution is -2.52. The van der Waals surface area contributed by atoms with Gasteiger partial charge in [0.25, 0.3) is 5.56 Å². The standard InChI is InChI=1S/C26H34N2O4/c1-25-6-3-7-26(15-31-26)22(25)9-18-19(24(30)32-21(18)10-25)14-27-11-16-8-17(13-27)20-4-2-5-23(29)28(20)12-16/h2,4-5,16-19,21-22H,3,6-15H2,1H3/t16-,17-,18-,19+,21+,22+,25+,26-/m0/s1. The lowest BCUT2D eigenvalue weighted by Gasteiger charge is -2.52. The molecule has 0 unspecified atom stereocenters. The summed E-state index contributed by atoms with van der Waals surface area (Å²) in [7, 11) is 0. The van der Waals surface area contributed by atoms with Crippen molar-refractivity contribution in [3.05, 3.63) is 34.2 Å². The van der Waals surface area contributed by atoms with E-state index >= 15 is 0 Å². The summed E-state index contributed by atoms with van der Waals surface area (Å²) < 4.78 is 14.1. The molecule has 5 fully saturated rings. The third kappa shape index (κ3) is 2.84. The van der Waals surface area contributed by atoms with Crippen LogP contribution in [0.15, 0.2) is 23.0 Å². The molecule has 2 bridgehead atoms. The minimum absolute atomic E-state index is 0.0148. The monoisotopic (exact) mass is 438 g/mol. The summed E-state index contributed by atoms with van der Waals surface area (Å²) in [6.07, 6.45) is 7.00. The second-order valence-corrected chi connectivity index (χ2v) is 12.0. The molecule has 1 spiro atoms. The Morgan fingerprint density at radius 2 is 2.00 bits per heavy atom. The molecule has 4 aliphatic heterocycles. The number of nitrogens with zero attached hydrogens (tertiary/aromatic N) is 2. The van der Waals surface area contributed by atoms with Gasteiger partial charge in [0.1, 0.15) is 6.10 Å². The maximum Gasteiger partial charge on any atom is 0.310 e. The molecule has 6 aliphatic rings. The van der Waals surface area contributed by atoms with Gasteiger partial charge in [0.2, 0.25) is 0 Å². The Labute approximate surface area is 189 Å². The van der Waals surface area contributed by atoms with Crippen molar-refractivity contribution in [2.24, 2.45) is 29.1 Å². The number of aromatic nitrogens is 1. The van der Waals surface area contributed by atoms with Crippen molar-refractivity contribution in [1.82, 2.24) is 9.47 Å². The summed E-state index contributed by atoms with van der Waals surface area (Å²) in [5, 5.41) is 0. The molecule has 7 rings (SSSR count). The maximum atomic E-state index is 13.1. The zero-order chi connectivity index (χ0) is 21.7. The molecule has 0 amide bonds. The fraction of sp³-hybridized carbons (Fsp3) is 0.769. The number of pyridine rings is 1. The van der Waals surface area contributed by atoms with Crippen molar-refractivity contribution in [1.29, 1.82) is 0 Å². The van der Waals surface area contributed by atoms with Crippen LogP contribution in [0.5, 0.6) is 0 Å². The third-order valence-electron chi connectivity index (χ3n) is 10.1. The summed E-state index contributed by atoms with van der Waals surface area (Å²) in [6, 6.07) is 5.69. The van der Waals surface area contributed by atoms with Crippen molar-refractivity contribution in [3.8, 4) is 0 Å².